The van der Waals surface area contributed by atoms with Crippen molar-refractivity contribution in [3.63, 3.8) is 0 Å². The molecule has 18 heavy (non-hydrogen) atoms. The lowest BCUT2D eigenvalue weighted by molar-refractivity contribution is 0.277. The third-order valence-electron chi connectivity index (χ3n) is 3.72. The summed E-state index contributed by atoms with van der Waals surface area (Å²) in [6.45, 7) is 3.01. The second-order valence-corrected chi connectivity index (χ2v) is 4.83. The summed E-state index contributed by atoms with van der Waals surface area (Å²) in [5, 5.41) is 0. The molecule has 0 fully saturated rings. The molecule has 0 radical (unpaired) electrons. The van der Waals surface area contributed by atoms with Gasteiger partial charge in [-0.2, -0.15) is 0 Å². The molecule has 0 aliphatic carbocycles. The van der Waals surface area contributed by atoms with Crippen molar-refractivity contribution < 1.29 is 4.74 Å². The smallest absolute Gasteiger partial charge is 0.123 e. The van der Waals surface area contributed by atoms with Crippen LogP contribution in [0.1, 0.15) is 36.0 Å². The van der Waals surface area contributed by atoms with E-state index < -0.39 is 0 Å². The predicted molar refractivity (Wildman–Crippen MR) is 74.2 cm³/mol. The van der Waals surface area contributed by atoms with Gasteiger partial charge in [0.05, 0.1) is 6.61 Å². The van der Waals surface area contributed by atoms with Crippen molar-refractivity contribution in [1.82, 2.24) is 0 Å². The number of rotatable bonds is 2. The first-order chi connectivity index (χ1) is 8.88. The van der Waals surface area contributed by atoms with Gasteiger partial charge in [-0.05, 0) is 30.0 Å². The lowest BCUT2D eigenvalue weighted by atomic mass is 9.86. The fraction of sp³-hybridized carbons (Fsp3) is 0.294. The fourth-order valence-electron chi connectivity index (χ4n) is 2.70. The predicted octanol–water partition coefficient (Wildman–Crippen LogP) is 4.16. The molecule has 1 unspecified atom stereocenters. The molecule has 92 valence electrons. The Morgan fingerprint density at radius 1 is 1.11 bits per heavy atom. The second-order valence-electron chi connectivity index (χ2n) is 4.83. The Morgan fingerprint density at radius 2 is 1.94 bits per heavy atom. The van der Waals surface area contributed by atoms with Crippen LogP contribution in [0.25, 0.3) is 0 Å². The highest BCUT2D eigenvalue weighted by atomic mass is 16.5. The van der Waals surface area contributed by atoms with E-state index in [-0.39, 0.29) is 0 Å². The highest BCUT2D eigenvalue weighted by Gasteiger charge is 2.22. The Morgan fingerprint density at radius 3 is 2.72 bits per heavy atom. The number of ether oxygens (including phenoxy) is 1. The van der Waals surface area contributed by atoms with E-state index >= 15 is 0 Å². The van der Waals surface area contributed by atoms with Crippen molar-refractivity contribution in [2.24, 2.45) is 0 Å². The van der Waals surface area contributed by atoms with E-state index in [1.165, 1.54) is 16.7 Å². The van der Waals surface area contributed by atoms with Gasteiger partial charge in [-0.1, -0.05) is 49.4 Å². The van der Waals surface area contributed by atoms with Gasteiger partial charge >= 0.3 is 0 Å². The van der Waals surface area contributed by atoms with E-state index in [1.54, 1.807) is 0 Å². The standard InChI is InChI=1S/C17H18O/c1-2-13-8-9-17-16(12-13)15(10-11-18-17)14-6-4-3-5-7-14/h3-9,12,15H,2,10-11H2,1H3. The Labute approximate surface area is 108 Å². The van der Waals surface area contributed by atoms with Crippen LogP contribution in [0.5, 0.6) is 5.75 Å². The van der Waals surface area contributed by atoms with Crippen LogP contribution in [0.4, 0.5) is 0 Å². The zero-order valence-corrected chi connectivity index (χ0v) is 10.7. The molecule has 0 bridgehead atoms. The number of hydrogen-bond acceptors (Lipinski definition) is 1. The molecular formula is C17H18O. The molecule has 0 spiro atoms. The average molecular weight is 238 g/mol. The summed E-state index contributed by atoms with van der Waals surface area (Å²) in [5.41, 5.74) is 4.14. The van der Waals surface area contributed by atoms with Crippen LogP contribution in [0, 0.1) is 0 Å². The van der Waals surface area contributed by atoms with Gasteiger partial charge in [-0.25, -0.2) is 0 Å². The second kappa shape index (κ2) is 4.85. The minimum Gasteiger partial charge on any atom is -0.493 e. The summed E-state index contributed by atoms with van der Waals surface area (Å²) in [6, 6.07) is 17.4. The van der Waals surface area contributed by atoms with Gasteiger partial charge in [0.15, 0.2) is 0 Å². The number of benzene rings is 2. The molecule has 3 rings (SSSR count). The SMILES string of the molecule is CCc1ccc2c(c1)C(c1ccccc1)CCO2. The molecule has 1 nitrogen and oxygen atoms in total. The van der Waals surface area contributed by atoms with Gasteiger partial charge in [-0.3, -0.25) is 0 Å². The van der Waals surface area contributed by atoms with Crippen LogP contribution in [0.15, 0.2) is 48.5 Å². The quantitative estimate of drug-likeness (QED) is 0.763. The summed E-state index contributed by atoms with van der Waals surface area (Å²) in [5.74, 6) is 1.55. The fourth-order valence-corrected chi connectivity index (χ4v) is 2.70. The van der Waals surface area contributed by atoms with E-state index in [9.17, 15) is 0 Å². The van der Waals surface area contributed by atoms with Crippen molar-refractivity contribution in [1.29, 1.82) is 0 Å². The van der Waals surface area contributed by atoms with E-state index in [0.29, 0.717) is 5.92 Å². The van der Waals surface area contributed by atoms with Crippen LogP contribution in [0.3, 0.4) is 0 Å². The van der Waals surface area contributed by atoms with Crippen LogP contribution >= 0.6 is 0 Å². The van der Waals surface area contributed by atoms with Crippen molar-refractivity contribution in [3.8, 4) is 5.75 Å². The highest BCUT2D eigenvalue weighted by molar-refractivity contribution is 5.45. The van der Waals surface area contributed by atoms with E-state index in [2.05, 4.69) is 55.5 Å². The largest absolute Gasteiger partial charge is 0.493 e. The van der Waals surface area contributed by atoms with Crippen LogP contribution in [-0.4, -0.2) is 6.61 Å². The first-order valence-corrected chi connectivity index (χ1v) is 6.69. The maximum Gasteiger partial charge on any atom is 0.123 e. The number of aryl methyl sites for hydroxylation is 1. The van der Waals surface area contributed by atoms with Crippen LogP contribution < -0.4 is 4.74 Å². The molecule has 1 aliphatic heterocycles. The van der Waals surface area contributed by atoms with Gasteiger partial charge in [0.1, 0.15) is 5.75 Å². The van der Waals surface area contributed by atoms with Crippen molar-refractivity contribution in [2.75, 3.05) is 6.61 Å². The molecule has 1 heteroatoms. The molecule has 0 amide bonds. The Hall–Kier alpha value is -1.76. The van der Waals surface area contributed by atoms with Crippen molar-refractivity contribution in [3.05, 3.63) is 65.2 Å². The first-order valence-electron chi connectivity index (χ1n) is 6.69. The Bertz CT molecular complexity index is 531. The average Bonchev–Trinajstić information content (AvgIpc) is 2.47. The summed E-state index contributed by atoms with van der Waals surface area (Å²) >= 11 is 0. The van der Waals surface area contributed by atoms with Gasteiger partial charge in [-0.15, -0.1) is 0 Å². The van der Waals surface area contributed by atoms with Gasteiger partial charge in [0.25, 0.3) is 0 Å². The van der Waals surface area contributed by atoms with Crippen LogP contribution in [-0.2, 0) is 6.42 Å². The van der Waals surface area contributed by atoms with E-state index in [0.717, 1.165) is 25.2 Å². The molecule has 1 atom stereocenters. The molecule has 1 heterocycles. The summed E-state index contributed by atoms with van der Waals surface area (Å²) in [6.07, 6.45) is 2.15. The molecule has 1 aliphatic rings. The summed E-state index contributed by atoms with van der Waals surface area (Å²) in [4.78, 5) is 0. The lowest BCUT2D eigenvalue weighted by Gasteiger charge is -2.26. The zero-order chi connectivity index (χ0) is 12.4. The van der Waals surface area contributed by atoms with Crippen molar-refractivity contribution >= 4 is 0 Å². The van der Waals surface area contributed by atoms with Gasteiger partial charge < -0.3 is 4.74 Å². The van der Waals surface area contributed by atoms with E-state index in [4.69, 9.17) is 4.74 Å². The monoisotopic (exact) mass is 238 g/mol. The minimum atomic E-state index is 0.487. The summed E-state index contributed by atoms with van der Waals surface area (Å²) < 4.78 is 5.77. The van der Waals surface area contributed by atoms with Crippen molar-refractivity contribution in [2.45, 2.75) is 25.7 Å². The molecule has 0 aromatic heterocycles. The third-order valence-corrected chi connectivity index (χ3v) is 3.72. The maximum atomic E-state index is 5.77. The Kier molecular flexibility index (Phi) is 3.06. The zero-order valence-electron chi connectivity index (χ0n) is 10.7. The molecule has 2 aromatic carbocycles. The van der Waals surface area contributed by atoms with Crippen LogP contribution in [0.2, 0.25) is 0 Å². The summed E-state index contributed by atoms with van der Waals surface area (Å²) in [7, 11) is 0. The molecular weight excluding hydrogens is 220 g/mol. The first kappa shape index (κ1) is 11.3. The Balaban J connectivity index is 2.05. The van der Waals surface area contributed by atoms with Gasteiger partial charge in [0.2, 0.25) is 0 Å². The normalized spacial score (nSPS) is 17.9. The molecule has 0 N–H and O–H groups in total. The topological polar surface area (TPSA) is 9.23 Å². The minimum absolute atomic E-state index is 0.487. The molecule has 0 saturated carbocycles. The van der Waals surface area contributed by atoms with E-state index in [1.807, 2.05) is 0 Å². The number of fused-ring (bicyclic) bond motifs is 1. The highest BCUT2D eigenvalue weighted by Crippen LogP contribution is 2.38. The molecule has 0 saturated heterocycles. The maximum absolute atomic E-state index is 5.77. The third kappa shape index (κ3) is 2.01. The molecule has 2 aromatic rings. The van der Waals surface area contributed by atoms with Gasteiger partial charge in [0, 0.05) is 11.5 Å². The lowest BCUT2D eigenvalue weighted by Crippen LogP contribution is -2.15. The number of hydrogen-bond donors (Lipinski definition) is 0.